The number of benzene rings is 1. The predicted octanol–water partition coefficient (Wildman–Crippen LogP) is 1.25. The fourth-order valence-corrected chi connectivity index (χ4v) is 1.98. The summed E-state index contributed by atoms with van der Waals surface area (Å²) in [5, 5.41) is 0. The van der Waals surface area contributed by atoms with Crippen LogP contribution >= 0.6 is 0 Å². The Hall–Kier alpha value is -2.04. The molecule has 1 aliphatic heterocycles. The number of Topliss-reactive ketones (excluding diaryl/α,β-unsaturated/α-hetero) is 1. The van der Waals surface area contributed by atoms with Crippen molar-refractivity contribution in [3.8, 4) is 5.75 Å². The van der Waals surface area contributed by atoms with Gasteiger partial charge in [0, 0.05) is 20.1 Å². The molecule has 0 aromatic heterocycles. The van der Waals surface area contributed by atoms with E-state index in [0.29, 0.717) is 24.4 Å². The van der Waals surface area contributed by atoms with E-state index in [2.05, 4.69) is 0 Å². The number of likely N-dealkylation sites (N-methyl/N-ethyl adjacent to an activating group) is 1. The summed E-state index contributed by atoms with van der Waals surface area (Å²) in [6.45, 7) is 1.36. The SMILES string of the molecule is COc1ccccc1C(=O)CN1CCN(C)C1=O. The monoisotopic (exact) mass is 248 g/mol. The topological polar surface area (TPSA) is 49.9 Å². The highest BCUT2D eigenvalue weighted by atomic mass is 16.5. The van der Waals surface area contributed by atoms with Crippen LogP contribution in [0, 0.1) is 0 Å². The molecule has 1 fully saturated rings. The van der Waals surface area contributed by atoms with E-state index in [4.69, 9.17) is 4.74 Å². The zero-order valence-corrected chi connectivity index (χ0v) is 10.5. The van der Waals surface area contributed by atoms with Gasteiger partial charge in [0.05, 0.1) is 19.2 Å². The minimum Gasteiger partial charge on any atom is -0.496 e. The van der Waals surface area contributed by atoms with E-state index in [1.54, 1.807) is 35.0 Å². The highest BCUT2D eigenvalue weighted by Gasteiger charge is 2.27. The van der Waals surface area contributed by atoms with Gasteiger partial charge in [0.25, 0.3) is 0 Å². The molecule has 2 rings (SSSR count). The van der Waals surface area contributed by atoms with Gasteiger partial charge in [-0.1, -0.05) is 12.1 Å². The lowest BCUT2D eigenvalue weighted by molar-refractivity contribution is 0.0949. The second-order valence-electron chi connectivity index (χ2n) is 4.25. The van der Waals surface area contributed by atoms with Crippen LogP contribution in [0.3, 0.4) is 0 Å². The smallest absolute Gasteiger partial charge is 0.320 e. The molecule has 0 radical (unpaired) electrons. The third-order valence-corrected chi connectivity index (χ3v) is 3.04. The molecule has 0 bridgehead atoms. The van der Waals surface area contributed by atoms with Crippen molar-refractivity contribution in [1.82, 2.24) is 9.80 Å². The van der Waals surface area contributed by atoms with Gasteiger partial charge >= 0.3 is 6.03 Å². The van der Waals surface area contributed by atoms with Crippen LogP contribution in [0.5, 0.6) is 5.75 Å². The van der Waals surface area contributed by atoms with Crippen molar-refractivity contribution in [3.05, 3.63) is 29.8 Å². The number of amides is 2. The van der Waals surface area contributed by atoms with Gasteiger partial charge in [-0.15, -0.1) is 0 Å². The highest BCUT2D eigenvalue weighted by Crippen LogP contribution is 2.19. The van der Waals surface area contributed by atoms with Crippen molar-refractivity contribution in [2.75, 3.05) is 33.8 Å². The summed E-state index contributed by atoms with van der Waals surface area (Å²) in [4.78, 5) is 27.0. The molecule has 0 atom stereocenters. The first-order valence-electron chi connectivity index (χ1n) is 5.79. The van der Waals surface area contributed by atoms with E-state index in [9.17, 15) is 9.59 Å². The molecule has 1 aliphatic rings. The summed E-state index contributed by atoms with van der Waals surface area (Å²) in [5.41, 5.74) is 0.516. The van der Waals surface area contributed by atoms with E-state index >= 15 is 0 Å². The molecule has 0 aliphatic carbocycles. The molecule has 1 saturated heterocycles. The second-order valence-corrected chi connectivity index (χ2v) is 4.25. The molecule has 0 unspecified atom stereocenters. The number of ketones is 1. The first-order valence-corrected chi connectivity index (χ1v) is 5.79. The van der Waals surface area contributed by atoms with Crippen molar-refractivity contribution in [3.63, 3.8) is 0 Å². The number of nitrogens with zero attached hydrogens (tertiary/aromatic N) is 2. The summed E-state index contributed by atoms with van der Waals surface area (Å²) in [5.74, 6) is 0.443. The number of urea groups is 1. The zero-order chi connectivity index (χ0) is 13.1. The zero-order valence-electron chi connectivity index (χ0n) is 10.5. The lowest BCUT2D eigenvalue weighted by Gasteiger charge is -2.15. The second kappa shape index (κ2) is 5.08. The molecule has 1 heterocycles. The average Bonchev–Trinajstić information content (AvgIpc) is 2.70. The van der Waals surface area contributed by atoms with Gasteiger partial charge in [-0.3, -0.25) is 4.79 Å². The highest BCUT2D eigenvalue weighted by molar-refractivity contribution is 6.01. The summed E-state index contributed by atoms with van der Waals surface area (Å²) in [7, 11) is 3.26. The lowest BCUT2D eigenvalue weighted by atomic mass is 10.1. The number of carbonyl (C=O) groups excluding carboxylic acids is 2. The minimum absolute atomic E-state index is 0.0988. The van der Waals surface area contributed by atoms with Crippen molar-refractivity contribution in [2.45, 2.75) is 0 Å². The van der Waals surface area contributed by atoms with Gasteiger partial charge < -0.3 is 14.5 Å². The van der Waals surface area contributed by atoms with Crippen molar-refractivity contribution >= 4 is 11.8 Å². The Kier molecular flexibility index (Phi) is 3.50. The fourth-order valence-electron chi connectivity index (χ4n) is 1.98. The fraction of sp³-hybridized carbons (Fsp3) is 0.385. The van der Waals surface area contributed by atoms with Crippen molar-refractivity contribution in [2.24, 2.45) is 0 Å². The molecule has 5 heteroatoms. The van der Waals surface area contributed by atoms with Crippen LogP contribution in [-0.2, 0) is 0 Å². The Labute approximate surface area is 106 Å². The van der Waals surface area contributed by atoms with Crippen LogP contribution in [-0.4, -0.2) is 55.4 Å². The molecular weight excluding hydrogens is 232 g/mol. The Morgan fingerprint density at radius 1 is 1.33 bits per heavy atom. The molecule has 18 heavy (non-hydrogen) atoms. The minimum atomic E-state index is -0.101. The number of methoxy groups -OCH3 is 1. The maximum absolute atomic E-state index is 12.1. The summed E-state index contributed by atoms with van der Waals surface area (Å²) in [6.07, 6.45) is 0. The standard InChI is InChI=1S/C13H16N2O3/c1-14-7-8-15(13(14)17)9-11(16)10-5-3-4-6-12(10)18-2/h3-6H,7-9H2,1-2H3. The van der Waals surface area contributed by atoms with E-state index in [-0.39, 0.29) is 18.4 Å². The Morgan fingerprint density at radius 3 is 2.67 bits per heavy atom. The predicted molar refractivity (Wildman–Crippen MR) is 66.9 cm³/mol. The van der Waals surface area contributed by atoms with Crippen molar-refractivity contribution in [1.29, 1.82) is 0 Å². The van der Waals surface area contributed by atoms with Crippen molar-refractivity contribution < 1.29 is 14.3 Å². The molecule has 1 aromatic carbocycles. The summed E-state index contributed by atoms with van der Waals surface area (Å²) < 4.78 is 5.14. The lowest BCUT2D eigenvalue weighted by Crippen LogP contribution is -2.33. The van der Waals surface area contributed by atoms with Gasteiger partial charge in [0.1, 0.15) is 5.75 Å². The maximum atomic E-state index is 12.1. The normalized spacial score (nSPS) is 15.1. The summed E-state index contributed by atoms with van der Waals surface area (Å²) in [6, 6.07) is 6.95. The maximum Gasteiger partial charge on any atom is 0.320 e. The first-order chi connectivity index (χ1) is 8.63. The van der Waals surface area contributed by atoms with Gasteiger partial charge in [0.2, 0.25) is 0 Å². The third kappa shape index (κ3) is 2.30. The molecule has 2 amide bonds. The van der Waals surface area contributed by atoms with Gasteiger partial charge in [0.15, 0.2) is 5.78 Å². The number of ether oxygens (including phenoxy) is 1. The third-order valence-electron chi connectivity index (χ3n) is 3.04. The quantitative estimate of drug-likeness (QED) is 0.753. The van der Waals surface area contributed by atoms with E-state index in [1.807, 2.05) is 6.07 Å². The molecule has 0 spiro atoms. The number of hydrogen-bond donors (Lipinski definition) is 0. The van der Waals surface area contributed by atoms with E-state index < -0.39 is 0 Å². The van der Waals surface area contributed by atoms with Gasteiger partial charge in [-0.25, -0.2) is 4.79 Å². The van der Waals surface area contributed by atoms with Crippen LogP contribution < -0.4 is 4.74 Å². The largest absolute Gasteiger partial charge is 0.496 e. The number of para-hydroxylation sites is 1. The van der Waals surface area contributed by atoms with Crippen LogP contribution in [0.2, 0.25) is 0 Å². The van der Waals surface area contributed by atoms with E-state index in [1.165, 1.54) is 7.11 Å². The summed E-state index contributed by atoms with van der Waals surface area (Å²) >= 11 is 0. The molecule has 1 aromatic rings. The van der Waals surface area contributed by atoms with Gasteiger partial charge in [-0.05, 0) is 12.1 Å². The first kappa shape index (κ1) is 12.4. The molecule has 96 valence electrons. The Balaban J connectivity index is 2.10. The van der Waals surface area contributed by atoms with Crippen LogP contribution in [0.25, 0.3) is 0 Å². The van der Waals surface area contributed by atoms with E-state index in [0.717, 1.165) is 0 Å². The number of carbonyl (C=O) groups is 2. The van der Waals surface area contributed by atoms with Crippen LogP contribution in [0.4, 0.5) is 4.79 Å². The van der Waals surface area contributed by atoms with Crippen LogP contribution in [0.15, 0.2) is 24.3 Å². The molecule has 0 N–H and O–H groups in total. The Morgan fingerprint density at radius 2 is 2.06 bits per heavy atom. The van der Waals surface area contributed by atoms with Gasteiger partial charge in [-0.2, -0.15) is 0 Å². The van der Waals surface area contributed by atoms with Crippen LogP contribution in [0.1, 0.15) is 10.4 Å². The number of rotatable bonds is 4. The molecular formula is C13H16N2O3. The Bertz CT molecular complexity index is 473. The average molecular weight is 248 g/mol. The molecule has 5 nitrogen and oxygen atoms in total. The number of hydrogen-bond acceptors (Lipinski definition) is 3. The molecule has 0 saturated carbocycles.